The number of carbonyl (C=O) groups is 1. The summed E-state index contributed by atoms with van der Waals surface area (Å²) in [5, 5.41) is 2.85. The molecule has 0 radical (unpaired) electrons. The maximum Gasteiger partial charge on any atom is 0.237 e. The number of fused-ring (bicyclic) bond motifs is 1. The summed E-state index contributed by atoms with van der Waals surface area (Å²) in [5.74, 6) is -0.123. The van der Waals surface area contributed by atoms with E-state index in [1.807, 2.05) is 30.6 Å². The standard InChI is InChI=1S/C15H22N4O2/c1-21-10-7-12(16)15(20)17-8-4-9-19-11-18-13-5-2-3-6-14(13)19/h2-3,5-6,11-12H,4,7-10,16H2,1H3,(H,17,20). The fourth-order valence-electron chi connectivity index (χ4n) is 2.16. The molecule has 2 rings (SSSR count). The minimum Gasteiger partial charge on any atom is -0.385 e. The van der Waals surface area contributed by atoms with Crippen LogP contribution in [0.25, 0.3) is 11.0 Å². The summed E-state index contributed by atoms with van der Waals surface area (Å²) >= 11 is 0. The molecule has 1 aromatic carbocycles. The molecule has 1 atom stereocenters. The van der Waals surface area contributed by atoms with Crippen LogP contribution in [0.4, 0.5) is 0 Å². The molecule has 3 N–H and O–H groups in total. The highest BCUT2D eigenvalue weighted by atomic mass is 16.5. The molecule has 0 aliphatic heterocycles. The van der Waals surface area contributed by atoms with Crippen LogP contribution in [-0.4, -0.2) is 41.8 Å². The van der Waals surface area contributed by atoms with E-state index in [9.17, 15) is 4.79 Å². The Hall–Kier alpha value is -1.92. The van der Waals surface area contributed by atoms with Crippen LogP contribution in [0, 0.1) is 0 Å². The number of para-hydroxylation sites is 2. The van der Waals surface area contributed by atoms with Gasteiger partial charge in [0.15, 0.2) is 0 Å². The second-order valence-corrected chi connectivity index (χ2v) is 4.96. The Balaban J connectivity index is 1.73. The van der Waals surface area contributed by atoms with Crippen molar-refractivity contribution < 1.29 is 9.53 Å². The fourth-order valence-corrected chi connectivity index (χ4v) is 2.16. The number of rotatable bonds is 8. The Bertz CT molecular complexity index is 582. The average Bonchev–Trinajstić information content (AvgIpc) is 2.92. The first kappa shape index (κ1) is 15.5. The predicted molar refractivity (Wildman–Crippen MR) is 81.8 cm³/mol. The third-order valence-corrected chi connectivity index (χ3v) is 3.37. The summed E-state index contributed by atoms with van der Waals surface area (Å²) in [4.78, 5) is 16.0. The molecule has 6 nitrogen and oxygen atoms in total. The number of ether oxygens (including phenoxy) is 1. The van der Waals surface area contributed by atoms with Crippen LogP contribution in [0.15, 0.2) is 30.6 Å². The monoisotopic (exact) mass is 290 g/mol. The van der Waals surface area contributed by atoms with Crippen LogP contribution >= 0.6 is 0 Å². The van der Waals surface area contributed by atoms with E-state index in [4.69, 9.17) is 10.5 Å². The van der Waals surface area contributed by atoms with Crippen LogP contribution in [0.1, 0.15) is 12.8 Å². The van der Waals surface area contributed by atoms with Crippen molar-refractivity contribution in [1.82, 2.24) is 14.9 Å². The molecular formula is C15H22N4O2. The summed E-state index contributed by atoms with van der Waals surface area (Å²) in [6, 6.07) is 7.50. The fraction of sp³-hybridized carbons (Fsp3) is 0.467. The Morgan fingerprint density at radius 2 is 2.29 bits per heavy atom. The van der Waals surface area contributed by atoms with E-state index in [2.05, 4.69) is 14.9 Å². The minimum atomic E-state index is -0.501. The van der Waals surface area contributed by atoms with E-state index in [1.54, 1.807) is 7.11 Å². The van der Waals surface area contributed by atoms with E-state index in [0.717, 1.165) is 24.0 Å². The number of nitrogens with one attached hydrogen (secondary N) is 1. The first-order chi connectivity index (χ1) is 10.2. The molecule has 0 aliphatic carbocycles. The van der Waals surface area contributed by atoms with Crippen molar-refractivity contribution in [2.24, 2.45) is 5.73 Å². The lowest BCUT2D eigenvalue weighted by Crippen LogP contribution is -2.41. The predicted octanol–water partition coefficient (Wildman–Crippen LogP) is 0.906. The van der Waals surface area contributed by atoms with E-state index in [1.165, 1.54) is 0 Å². The van der Waals surface area contributed by atoms with E-state index >= 15 is 0 Å². The van der Waals surface area contributed by atoms with Crippen molar-refractivity contribution in [2.45, 2.75) is 25.4 Å². The molecule has 1 heterocycles. The molecule has 0 fully saturated rings. The molecule has 1 unspecified atom stereocenters. The minimum absolute atomic E-state index is 0.123. The summed E-state index contributed by atoms with van der Waals surface area (Å²) in [5.41, 5.74) is 7.85. The summed E-state index contributed by atoms with van der Waals surface area (Å²) < 4.78 is 7.00. The number of nitrogens with two attached hydrogens (primary N) is 1. The molecule has 6 heteroatoms. The Morgan fingerprint density at radius 1 is 1.48 bits per heavy atom. The lowest BCUT2D eigenvalue weighted by atomic mass is 10.2. The Morgan fingerprint density at radius 3 is 3.10 bits per heavy atom. The molecule has 2 aromatic rings. The van der Waals surface area contributed by atoms with Crippen LogP contribution in [0.5, 0.6) is 0 Å². The van der Waals surface area contributed by atoms with Gasteiger partial charge in [0.2, 0.25) is 5.91 Å². The second-order valence-electron chi connectivity index (χ2n) is 4.96. The molecule has 114 valence electrons. The second kappa shape index (κ2) is 7.75. The van der Waals surface area contributed by atoms with Gasteiger partial charge in [-0.15, -0.1) is 0 Å². The molecule has 0 bridgehead atoms. The van der Waals surface area contributed by atoms with Gasteiger partial charge in [-0.1, -0.05) is 12.1 Å². The molecular weight excluding hydrogens is 268 g/mol. The van der Waals surface area contributed by atoms with Gasteiger partial charge >= 0.3 is 0 Å². The largest absolute Gasteiger partial charge is 0.385 e. The van der Waals surface area contributed by atoms with Gasteiger partial charge in [0.25, 0.3) is 0 Å². The number of hydrogen-bond acceptors (Lipinski definition) is 4. The third kappa shape index (κ3) is 4.27. The van der Waals surface area contributed by atoms with Gasteiger partial charge < -0.3 is 20.4 Å². The number of imidazole rings is 1. The van der Waals surface area contributed by atoms with E-state index in [-0.39, 0.29) is 5.91 Å². The number of nitrogens with zero attached hydrogens (tertiary/aromatic N) is 2. The number of amides is 1. The zero-order valence-corrected chi connectivity index (χ0v) is 12.3. The zero-order chi connectivity index (χ0) is 15.1. The molecule has 0 aliphatic rings. The SMILES string of the molecule is COCCC(N)C(=O)NCCCn1cnc2ccccc21. The van der Waals surface area contributed by atoms with Gasteiger partial charge in [-0.3, -0.25) is 4.79 Å². The number of aryl methyl sites for hydroxylation is 1. The normalized spacial score (nSPS) is 12.5. The van der Waals surface area contributed by atoms with Gasteiger partial charge in [-0.25, -0.2) is 4.98 Å². The number of carbonyl (C=O) groups excluding carboxylic acids is 1. The van der Waals surface area contributed by atoms with Crippen LogP contribution in [0.3, 0.4) is 0 Å². The number of aromatic nitrogens is 2. The summed E-state index contributed by atoms with van der Waals surface area (Å²) in [6.07, 6.45) is 3.20. The number of benzene rings is 1. The summed E-state index contributed by atoms with van der Waals surface area (Å²) in [6.45, 7) is 1.91. The van der Waals surface area contributed by atoms with Crippen molar-refractivity contribution in [3.05, 3.63) is 30.6 Å². The smallest absolute Gasteiger partial charge is 0.237 e. The number of hydrogen-bond donors (Lipinski definition) is 2. The van der Waals surface area contributed by atoms with Crippen molar-refractivity contribution in [3.8, 4) is 0 Å². The highest BCUT2D eigenvalue weighted by molar-refractivity contribution is 5.81. The van der Waals surface area contributed by atoms with Gasteiger partial charge in [0.05, 0.1) is 23.4 Å². The third-order valence-electron chi connectivity index (χ3n) is 3.37. The average molecular weight is 290 g/mol. The van der Waals surface area contributed by atoms with Gasteiger partial charge in [-0.2, -0.15) is 0 Å². The maximum absolute atomic E-state index is 11.7. The van der Waals surface area contributed by atoms with Crippen molar-refractivity contribution in [2.75, 3.05) is 20.3 Å². The van der Waals surface area contributed by atoms with Crippen LogP contribution < -0.4 is 11.1 Å². The van der Waals surface area contributed by atoms with E-state index in [0.29, 0.717) is 19.6 Å². The van der Waals surface area contributed by atoms with Gasteiger partial charge in [-0.05, 0) is 25.0 Å². The molecule has 21 heavy (non-hydrogen) atoms. The highest BCUT2D eigenvalue weighted by Gasteiger charge is 2.11. The number of methoxy groups -OCH3 is 1. The van der Waals surface area contributed by atoms with Crippen LogP contribution in [0.2, 0.25) is 0 Å². The van der Waals surface area contributed by atoms with Gasteiger partial charge in [0.1, 0.15) is 0 Å². The lowest BCUT2D eigenvalue weighted by molar-refractivity contribution is -0.122. The topological polar surface area (TPSA) is 82.2 Å². The quantitative estimate of drug-likeness (QED) is 0.708. The Kier molecular flexibility index (Phi) is 5.71. The molecule has 0 spiro atoms. The molecule has 1 amide bonds. The van der Waals surface area contributed by atoms with E-state index < -0.39 is 6.04 Å². The molecule has 1 aromatic heterocycles. The van der Waals surface area contributed by atoms with Crippen molar-refractivity contribution in [3.63, 3.8) is 0 Å². The first-order valence-electron chi connectivity index (χ1n) is 7.14. The van der Waals surface area contributed by atoms with Crippen molar-refractivity contribution in [1.29, 1.82) is 0 Å². The molecule has 0 saturated carbocycles. The maximum atomic E-state index is 11.7. The highest BCUT2D eigenvalue weighted by Crippen LogP contribution is 2.11. The van der Waals surface area contributed by atoms with Gasteiger partial charge in [0, 0.05) is 26.8 Å². The lowest BCUT2D eigenvalue weighted by Gasteiger charge is -2.12. The summed E-state index contributed by atoms with van der Waals surface area (Å²) in [7, 11) is 1.60. The molecule has 0 saturated heterocycles. The Labute approximate surface area is 124 Å². The van der Waals surface area contributed by atoms with Crippen LogP contribution in [-0.2, 0) is 16.1 Å². The first-order valence-corrected chi connectivity index (χ1v) is 7.14. The van der Waals surface area contributed by atoms with Crippen molar-refractivity contribution >= 4 is 16.9 Å². The zero-order valence-electron chi connectivity index (χ0n) is 12.3.